The van der Waals surface area contributed by atoms with Crippen LogP contribution in [0, 0.1) is 0 Å². The first kappa shape index (κ1) is 25.2. The van der Waals surface area contributed by atoms with Crippen molar-refractivity contribution in [2.75, 3.05) is 46.2 Å². The topological polar surface area (TPSA) is 83.7 Å². The lowest BCUT2D eigenvalue weighted by molar-refractivity contribution is -0.165. The van der Waals surface area contributed by atoms with Crippen molar-refractivity contribution in [3.63, 3.8) is 0 Å². The molecule has 4 saturated heterocycles. The fourth-order valence-electron chi connectivity index (χ4n) is 5.16. The van der Waals surface area contributed by atoms with Crippen molar-refractivity contribution in [2.45, 2.75) is 37.4 Å². The monoisotopic (exact) mass is 556 g/mol. The lowest BCUT2D eigenvalue weighted by atomic mass is 9.93. The summed E-state index contributed by atoms with van der Waals surface area (Å²) in [5.41, 5.74) is 2.14. The summed E-state index contributed by atoms with van der Waals surface area (Å²) in [6, 6.07) is 20.7. The Morgan fingerprint density at radius 3 is 1.59 bits per heavy atom. The quantitative estimate of drug-likeness (QED) is 0.212. The van der Waals surface area contributed by atoms with Crippen LogP contribution >= 0.6 is 0 Å². The Hall–Kier alpha value is -3.56. The van der Waals surface area contributed by atoms with Crippen LogP contribution in [-0.4, -0.2) is 70.9 Å². The summed E-state index contributed by atoms with van der Waals surface area (Å²) < 4.78 is 46.6. The smallest absolute Gasteiger partial charge is 0.202 e. The van der Waals surface area contributed by atoms with Gasteiger partial charge >= 0.3 is 0 Å². The summed E-state index contributed by atoms with van der Waals surface area (Å²) in [6.45, 7) is 4.56. The average Bonchev–Trinajstić information content (AvgIpc) is 3.82. The second-order valence-corrected chi connectivity index (χ2v) is 11.0. The summed E-state index contributed by atoms with van der Waals surface area (Å²) in [6.07, 6.45) is 1.78. The maximum atomic E-state index is 6.36. The number of hydrogen-bond acceptors (Lipinski definition) is 8. The molecule has 0 aromatic heterocycles. The zero-order valence-electron chi connectivity index (χ0n) is 22.7. The molecule has 0 amide bonds. The van der Waals surface area contributed by atoms with E-state index in [0.717, 1.165) is 88.5 Å². The van der Waals surface area contributed by atoms with Crippen molar-refractivity contribution in [1.82, 2.24) is 0 Å². The molecule has 0 saturated carbocycles. The third-order valence-corrected chi connectivity index (χ3v) is 7.89. The molecule has 4 fully saturated rings. The SMILES string of the molecule is c1cc2ccc(OCC3CO3)c(Cc3c(OCC4CO4)ccc4ccc(OC5CCO5)cc34)c2cc1OCC1CO1. The Labute approximate surface area is 237 Å². The largest absolute Gasteiger partial charge is 0.491 e. The minimum absolute atomic E-state index is 0.147. The Balaban J connectivity index is 1.22. The molecular weight excluding hydrogens is 524 g/mol. The molecule has 8 heteroatoms. The van der Waals surface area contributed by atoms with Gasteiger partial charge in [-0.1, -0.05) is 24.3 Å². The maximum absolute atomic E-state index is 6.36. The number of benzene rings is 4. The number of epoxide rings is 3. The van der Waals surface area contributed by atoms with Gasteiger partial charge in [-0.25, -0.2) is 0 Å². The van der Waals surface area contributed by atoms with Gasteiger partial charge in [-0.05, 0) is 57.9 Å². The third kappa shape index (κ3) is 5.78. The van der Waals surface area contributed by atoms with Crippen molar-refractivity contribution in [3.05, 3.63) is 71.8 Å². The molecule has 4 unspecified atom stereocenters. The van der Waals surface area contributed by atoms with Gasteiger partial charge in [0.2, 0.25) is 6.29 Å². The predicted octanol–water partition coefficient (Wildman–Crippen LogP) is 5.04. The van der Waals surface area contributed by atoms with Crippen LogP contribution in [-0.2, 0) is 25.4 Å². The standard InChI is InChI=1S/C33H32O8/c1-5-22(35-14-24-15-36-24)11-27-20(1)3-7-31(39-18-25-16-37-25)29(27)13-30-28-12-23(41-33-9-10-34-33)6-2-21(28)4-8-32(30)40-19-26-17-38-26/h1-8,11-12,24-26,33H,9-10,13-19H2. The molecule has 4 aromatic rings. The van der Waals surface area contributed by atoms with Crippen molar-refractivity contribution in [2.24, 2.45) is 0 Å². The molecule has 4 aromatic carbocycles. The molecular formula is C33H32O8. The normalized spacial score (nSPS) is 24.1. The molecule has 4 aliphatic heterocycles. The second kappa shape index (κ2) is 10.7. The minimum Gasteiger partial charge on any atom is -0.491 e. The van der Waals surface area contributed by atoms with Crippen LogP contribution in [0.3, 0.4) is 0 Å². The lowest BCUT2D eigenvalue weighted by Crippen LogP contribution is -2.32. The molecule has 4 atom stereocenters. The van der Waals surface area contributed by atoms with E-state index in [-0.39, 0.29) is 24.6 Å². The van der Waals surface area contributed by atoms with E-state index in [1.165, 1.54) is 0 Å². The van der Waals surface area contributed by atoms with Gasteiger partial charge in [0.05, 0.1) is 26.4 Å². The molecule has 4 heterocycles. The van der Waals surface area contributed by atoms with Crippen molar-refractivity contribution < 1.29 is 37.9 Å². The molecule has 8 rings (SSSR count). The van der Waals surface area contributed by atoms with Gasteiger partial charge < -0.3 is 37.9 Å². The number of fused-ring (bicyclic) bond motifs is 2. The van der Waals surface area contributed by atoms with Gasteiger partial charge in [0, 0.05) is 24.0 Å². The van der Waals surface area contributed by atoms with Gasteiger partial charge in [0.1, 0.15) is 61.1 Å². The van der Waals surface area contributed by atoms with Crippen molar-refractivity contribution in [3.8, 4) is 23.0 Å². The van der Waals surface area contributed by atoms with E-state index < -0.39 is 0 Å². The van der Waals surface area contributed by atoms with Crippen LogP contribution < -0.4 is 18.9 Å². The molecule has 0 radical (unpaired) electrons. The number of hydrogen-bond donors (Lipinski definition) is 0. The predicted molar refractivity (Wildman–Crippen MR) is 151 cm³/mol. The van der Waals surface area contributed by atoms with Gasteiger partial charge in [0.15, 0.2) is 0 Å². The van der Waals surface area contributed by atoms with Crippen LogP contribution in [0.25, 0.3) is 21.5 Å². The van der Waals surface area contributed by atoms with Crippen LogP contribution in [0.4, 0.5) is 0 Å². The Morgan fingerprint density at radius 1 is 0.585 bits per heavy atom. The first-order chi connectivity index (χ1) is 20.2. The summed E-state index contributed by atoms with van der Waals surface area (Å²) in [5.74, 6) is 3.26. The summed E-state index contributed by atoms with van der Waals surface area (Å²) in [7, 11) is 0. The van der Waals surface area contributed by atoms with E-state index in [9.17, 15) is 0 Å². The third-order valence-electron chi connectivity index (χ3n) is 7.89. The molecule has 0 spiro atoms. The van der Waals surface area contributed by atoms with Crippen LogP contribution in [0.1, 0.15) is 17.5 Å². The Morgan fingerprint density at radius 2 is 1.07 bits per heavy atom. The highest BCUT2D eigenvalue weighted by atomic mass is 16.7. The number of ether oxygens (including phenoxy) is 8. The summed E-state index contributed by atoms with van der Waals surface area (Å²) in [4.78, 5) is 0. The highest BCUT2D eigenvalue weighted by Gasteiger charge is 2.27. The van der Waals surface area contributed by atoms with E-state index in [4.69, 9.17) is 37.9 Å². The first-order valence-corrected chi connectivity index (χ1v) is 14.4. The van der Waals surface area contributed by atoms with E-state index in [2.05, 4.69) is 48.5 Å². The van der Waals surface area contributed by atoms with Gasteiger partial charge in [-0.3, -0.25) is 0 Å². The molecule has 4 aliphatic rings. The Bertz CT molecular complexity index is 1560. The highest BCUT2D eigenvalue weighted by Crippen LogP contribution is 2.39. The molecule has 212 valence electrons. The van der Waals surface area contributed by atoms with Crippen LogP contribution in [0.2, 0.25) is 0 Å². The van der Waals surface area contributed by atoms with Crippen LogP contribution in [0.15, 0.2) is 60.7 Å². The van der Waals surface area contributed by atoms with E-state index in [0.29, 0.717) is 26.2 Å². The molecule has 8 nitrogen and oxygen atoms in total. The van der Waals surface area contributed by atoms with Gasteiger partial charge in [0.25, 0.3) is 0 Å². The second-order valence-electron chi connectivity index (χ2n) is 11.0. The molecule has 0 aliphatic carbocycles. The zero-order chi connectivity index (χ0) is 27.2. The van der Waals surface area contributed by atoms with E-state index in [1.807, 2.05) is 12.1 Å². The minimum atomic E-state index is -0.190. The first-order valence-electron chi connectivity index (χ1n) is 14.4. The fourth-order valence-corrected chi connectivity index (χ4v) is 5.16. The average molecular weight is 557 g/mol. The summed E-state index contributed by atoms with van der Waals surface area (Å²) in [5, 5.41) is 4.38. The van der Waals surface area contributed by atoms with Gasteiger partial charge in [-0.2, -0.15) is 0 Å². The molecule has 0 bridgehead atoms. The Kier molecular flexibility index (Phi) is 6.56. The van der Waals surface area contributed by atoms with Crippen LogP contribution in [0.5, 0.6) is 23.0 Å². The molecule has 0 N–H and O–H groups in total. The maximum Gasteiger partial charge on any atom is 0.202 e. The van der Waals surface area contributed by atoms with E-state index in [1.54, 1.807) is 0 Å². The number of rotatable bonds is 13. The fraction of sp³-hybridized carbons (Fsp3) is 0.394. The van der Waals surface area contributed by atoms with Gasteiger partial charge in [-0.15, -0.1) is 0 Å². The van der Waals surface area contributed by atoms with Crippen molar-refractivity contribution in [1.29, 1.82) is 0 Å². The van der Waals surface area contributed by atoms with E-state index >= 15 is 0 Å². The van der Waals surface area contributed by atoms with Crippen molar-refractivity contribution >= 4 is 21.5 Å². The molecule has 41 heavy (non-hydrogen) atoms. The summed E-state index contributed by atoms with van der Waals surface area (Å²) >= 11 is 0. The highest BCUT2D eigenvalue weighted by molar-refractivity contribution is 5.93. The lowest BCUT2D eigenvalue weighted by Gasteiger charge is -2.27. The zero-order valence-corrected chi connectivity index (χ0v) is 22.7.